The van der Waals surface area contributed by atoms with Crippen LogP contribution in [0.1, 0.15) is 35.6 Å². The molecular formula is C22H24N8O. The average Bonchev–Trinajstić information content (AvgIpc) is 3.15. The van der Waals surface area contributed by atoms with Gasteiger partial charge in [0.15, 0.2) is 17.4 Å². The van der Waals surface area contributed by atoms with Crippen molar-refractivity contribution in [1.29, 1.82) is 0 Å². The van der Waals surface area contributed by atoms with Crippen molar-refractivity contribution in [3.8, 4) is 23.0 Å². The monoisotopic (exact) mass is 416 g/mol. The number of nitrogens with one attached hydrogen (secondary N) is 1. The molecule has 1 aliphatic heterocycles. The van der Waals surface area contributed by atoms with E-state index in [1.54, 1.807) is 12.5 Å². The SMILES string of the molecule is Nc1c(-c2n[nH]c(-c3ccco3)n2)cnn1CCN1CCc2ncc(C3CC3)cc2C1. The fraction of sp³-hybridized carbons (Fsp3) is 0.364. The molecule has 1 aliphatic carbocycles. The van der Waals surface area contributed by atoms with Gasteiger partial charge in [-0.15, -0.1) is 0 Å². The average molecular weight is 416 g/mol. The number of pyridine rings is 1. The van der Waals surface area contributed by atoms with Gasteiger partial charge in [-0.1, -0.05) is 6.07 Å². The summed E-state index contributed by atoms with van der Waals surface area (Å²) in [6.07, 6.45) is 9.01. The van der Waals surface area contributed by atoms with E-state index >= 15 is 0 Å². The minimum absolute atomic E-state index is 0.515. The lowest BCUT2D eigenvalue weighted by molar-refractivity contribution is 0.239. The third-order valence-corrected chi connectivity index (χ3v) is 6.18. The molecule has 1 saturated carbocycles. The maximum Gasteiger partial charge on any atom is 0.192 e. The van der Waals surface area contributed by atoms with Crippen LogP contribution in [0.3, 0.4) is 0 Å². The van der Waals surface area contributed by atoms with Crippen LogP contribution in [-0.4, -0.2) is 47.9 Å². The van der Waals surface area contributed by atoms with Crippen molar-refractivity contribution in [2.24, 2.45) is 0 Å². The minimum Gasteiger partial charge on any atom is -0.461 e. The summed E-state index contributed by atoms with van der Waals surface area (Å²) in [5.74, 6) is 3.02. The van der Waals surface area contributed by atoms with Gasteiger partial charge in [-0.3, -0.25) is 15.0 Å². The third-order valence-electron chi connectivity index (χ3n) is 6.18. The van der Waals surface area contributed by atoms with Gasteiger partial charge in [0.05, 0.1) is 24.6 Å². The molecule has 1 fully saturated rings. The number of H-pyrrole nitrogens is 1. The molecule has 9 nitrogen and oxygen atoms in total. The normalized spacial score (nSPS) is 16.5. The minimum atomic E-state index is 0.515. The first-order valence-electron chi connectivity index (χ1n) is 10.7. The first kappa shape index (κ1) is 18.3. The van der Waals surface area contributed by atoms with Crippen LogP contribution in [0, 0.1) is 0 Å². The summed E-state index contributed by atoms with van der Waals surface area (Å²) in [5.41, 5.74) is 11.1. The van der Waals surface area contributed by atoms with E-state index in [0.29, 0.717) is 29.8 Å². The van der Waals surface area contributed by atoms with Gasteiger partial charge in [-0.25, -0.2) is 9.67 Å². The summed E-state index contributed by atoms with van der Waals surface area (Å²) in [7, 11) is 0. The van der Waals surface area contributed by atoms with Crippen LogP contribution < -0.4 is 5.73 Å². The highest BCUT2D eigenvalue weighted by Crippen LogP contribution is 2.40. The highest BCUT2D eigenvalue weighted by Gasteiger charge is 2.26. The first-order chi connectivity index (χ1) is 15.2. The van der Waals surface area contributed by atoms with E-state index in [9.17, 15) is 0 Å². The van der Waals surface area contributed by atoms with Gasteiger partial charge in [-0.05, 0) is 42.0 Å². The Kier molecular flexibility index (Phi) is 4.34. The smallest absolute Gasteiger partial charge is 0.192 e. The van der Waals surface area contributed by atoms with E-state index in [4.69, 9.17) is 15.1 Å². The maximum absolute atomic E-state index is 6.37. The highest BCUT2D eigenvalue weighted by molar-refractivity contribution is 5.68. The molecule has 0 spiro atoms. The number of fused-ring (bicyclic) bond motifs is 1. The van der Waals surface area contributed by atoms with Crippen molar-refractivity contribution in [1.82, 2.24) is 34.8 Å². The molecule has 6 rings (SSSR count). The lowest BCUT2D eigenvalue weighted by atomic mass is 10.0. The molecule has 0 saturated heterocycles. The molecule has 0 unspecified atom stereocenters. The van der Waals surface area contributed by atoms with Crippen LogP contribution in [0.4, 0.5) is 5.82 Å². The molecule has 2 aliphatic rings. The zero-order valence-electron chi connectivity index (χ0n) is 17.2. The molecule has 0 aromatic carbocycles. The Bertz CT molecular complexity index is 1200. The molecule has 4 aromatic heterocycles. The lowest BCUT2D eigenvalue weighted by Gasteiger charge is -2.28. The number of anilines is 1. The van der Waals surface area contributed by atoms with Crippen molar-refractivity contribution in [3.05, 3.63) is 53.7 Å². The summed E-state index contributed by atoms with van der Waals surface area (Å²) >= 11 is 0. The summed E-state index contributed by atoms with van der Waals surface area (Å²) in [6, 6.07) is 6.01. The largest absolute Gasteiger partial charge is 0.461 e. The molecule has 0 bridgehead atoms. The predicted octanol–water partition coefficient (Wildman–Crippen LogP) is 2.84. The number of aromatic nitrogens is 6. The van der Waals surface area contributed by atoms with E-state index in [1.165, 1.54) is 29.7 Å². The van der Waals surface area contributed by atoms with Crippen LogP contribution >= 0.6 is 0 Å². The van der Waals surface area contributed by atoms with Gasteiger partial charge in [0.2, 0.25) is 0 Å². The summed E-state index contributed by atoms with van der Waals surface area (Å²) in [4.78, 5) is 11.7. The molecule has 0 amide bonds. The van der Waals surface area contributed by atoms with E-state index in [2.05, 4.69) is 37.4 Å². The van der Waals surface area contributed by atoms with Crippen LogP contribution in [0.25, 0.3) is 23.0 Å². The van der Waals surface area contributed by atoms with E-state index < -0.39 is 0 Å². The summed E-state index contributed by atoms with van der Waals surface area (Å²) in [6.45, 7) is 3.53. The second kappa shape index (κ2) is 7.35. The Morgan fingerprint density at radius 3 is 3.00 bits per heavy atom. The Morgan fingerprint density at radius 1 is 1.23 bits per heavy atom. The second-order valence-electron chi connectivity index (χ2n) is 8.33. The molecule has 158 valence electrons. The Morgan fingerprint density at radius 2 is 2.16 bits per heavy atom. The number of furan rings is 1. The predicted molar refractivity (Wildman–Crippen MR) is 115 cm³/mol. The first-order valence-corrected chi connectivity index (χ1v) is 10.7. The Balaban J connectivity index is 1.13. The van der Waals surface area contributed by atoms with Crippen molar-refractivity contribution in [2.45, 2.75) is 38.3 Å². The lowest BCUT2D eigenvalue weighted by Crippen LogP contribution is -2.34. The van der Waals surface area contributed by atoms with E-state index in [1.807, 2.05) is 16.8 Å². The van der Waals surface area contributed by atoms with E-state index in [-0.39, 0.29) is 0 Å². The molecule has 3 N–H and O–H groups in total. The molecule has 9 heteroatoms. The molecular weight excluding hydrogens is 392 g/mol. The van der Waals surface area contributed by atoms with Crippen molar-refractivity contribution >= 4 is 5.82 Å². The number of nitrogens with zero attached hydrogens (tertiary/aromatic N) is 6. The van der Waals surface area contributed by atoms with Gasteiger partial charge in [0.1, 0.15) is 5.82 Å². The second-order valence-corrected chi connectivity index (χ2v) is 8.33. The number of rotatable bonds is 6. The van der Waals surface area contributed by atoms with Gasteiger partial charge in [-0.2, -0.15) is 10.2 Å². The van der Waals surface area contributed by atoms with E-state index in [0.717, 1.165) is 37.5 Å². The van der Waals surface area contributed by atoms with Crippen molar-refractivity contribution in [3.63, 3.8) is 0 Å². The third kappa shape index (κ3) is 3.50. The molecule has 4 aromatic rings. The fourth-order valence-corrected chi connectivity index (χ4v) is 4.22. The van der Waals surface area contributed by atoms with Crippen LogP contribution in [0.2, 0.25) is 0 Å². The van der Waals surface area contributed by atoms with Gasteiger partial charge in [0, 0.05) is 37.9 Å². The fourth-order valence-electron chi connectivity index (χ4n) is 4.22. The van der Waals surface area contributed by atoms with Crippen LogP contribution in [0.5, 0.6) is 0 Å². The standard InChI is InChI=1S/C22H24N8O/c23-20-17(21-26-22(28-27-21)19-2-1-9-31-19)12-25-30(20)8-7-29-6-5-18-16(13-29)10-15(11-24-18)14-3-4-14/h1-2,9-12,14H,3-8,13,23H2,(H,26,27,28). The van der Waals surface area contributed by atoms with Crippen LogP contribution in [-0.2, 0) is 19.5 Å². The zero-order valence-corrected chi connectivity index (χ0v) is 17.2. The Labute approximate surface area is 179 Å². The quantitative estimate of drug-likeness (QED) is 0.497. The number of nitrogen functional groups attached to an aromatic ring is 1. The van der Waals surface area contributed by atoms with Crippen LogP contribution in [0.15, 0.2) is 41.3 Å². The summed E-state index contributed by atoms with van der Waals surface area (Å²) in [5, 5.41) is 11.6. The zero-order chi connectivity index (χ0) is 20.8. The van der Waals surface area contributed by atoms with Gasteiger partial charge < -0.3 is 10.2 Å². The number of hydrogen-bond acceptors (Lipinski definition) is 7. The Hall–Kier alpha value is -3.46. The highest BCUT2D eigenvalue weighted by atomic mass is 16.3. The summed E-state index contributed by atoms with van der Waals surface area (Å²) < 4.78 is 7.19. The molecule has 5 heterocycles. The number of nitrogens with two attached hydrogens (primary N) is 1. The van der Waals surface area contributed by atoms with Gasteiger partial charge >= 0.3 is 0 Å². The number of hydrogen-bond donors (Lipinski definition) is 2. The van der Waals surface area contributed by atoms with Crippen molar-refractivity contribution < 1.29 is 4.42 Å². The maximum atomic E-state index is 6.37. The number of aromatic amines is 1. The molecule has 0 radical (unpaired) electrons. The molecule has 0 atom stereocenters. The van der Waals surface area contributed by atoms with Crippen molar-refractivity contribution in [2.75, 3.05) is 18.8 Å². The topological polar surface area (TPSA) is 115 Å². The van der Waals surface area contributed by atoms with Gasteiger partial charge in [0.25, 0.3) is 0 Å². The molecule has 31 heavy (non-hydrogen) atoms.